The Labute approximate surface area is 229 Å². The van der Waals surface area contributed by atoms with E-state index in [9.17, 15) is 14.4 Å². The van der Waals surface area contributed by atoms with E-state index in [1.807, 2.05) is 20.0 Å². The van der Waals surface area contributed by atoms with Crippen LogP contribution in [0.4, 0.5) is 4.79 Å². The van der Waals surface area contributed by atoms with E-state index in [1.54, 1.807) is 7.11 Å². The number of imide groups is 1. The normalized spacial score (nSPS) is 45.4. The summed E-state index contributed by atoms with van der Waals surface area (Å²) in [7, 11) is 3.77. The summed E-state index contributed by atoms with van der Waals surface area (Å²) in [5.41, 5.74) is -1.28. The number of piperidine rings is 1. The molecule has 7 nitrogen and oxygen atoms in total. The average Bonchev–Trinajstić information content (AvgIpc) is 3.27. The van der Waals surface area contributed by atoms with Gasteiger partial charge in [0.25, 0.3) is 0 Å². The Morgan fingerprint density at radius 2 is 1.84 bits per heavy atom. The number of ketones is 1. The van der Waals surface area contributed by atoms with E-state index in [-0.39, 0.29) is 52.8 Å². The second-order valence-corrected chi connectivity index (χ2v) is 13.7. The highest BCUT2D eigenvalue weighted by Crippen LogP contribution is 2.68. The Balaban J connectivity index is 1.69. The lowest BCUT2D eigenvalue weighted by molar-refractivity contribution is -0.191. The van der Waals surface area contributed by atoms with Crippen LogP contribution in [0.2, 0.25) is 0 Å². The summed E-state index contributed by atoms with van der Waals surface area (Å²) in [5.74, 6) is 0.169. The highest BCUT2D eigenvalue weighted by atomic mass is 16.6. The van der Waals surface area contributed by atoms with Crippen molar-refractivity contribution in [2.24, 2.45) is 45.8 Å². The number of carbonyl (C=O) groups is 3. The van der Waals surface area contributed by atoms with E-state index in [1.165, 1.54) is 0 Å². The molecule has 3 saturated carbocycles. The van der Waals surface area contributed by atoms with Crippen molar-refractivity contribution < 1.29 is 23.9 Å². The number of hydrogen-bond acceptors (Lipinski definition) is 6. The predicted molar refractivity (Wildman–Crippen MR) is 147 cm³/mol. The van der Waals surface area contributed by atoms with Gasteiger partial charge in [0.05, 0.1) is 12.0 Å². The number of alkyl carbamates (subject to hydrolysis) is 1. The minimum absolute atomic E-state index is 0.0104. The standard InChI is InChI=1S/C31H50N2O5/c1-9-13-29(5)17-24(38-28(36)32-27(35)22-18-33(7)16-12-19(22)2)30(6)20(3)10-14-31(21(4)26(29)34)15-11-23(37-8)25(30)31/h9,19-25H,1,10-18H2,2-8H3,(H,32,35,36)/t19-,20+,21-,22-,23+,24+,25?,29+,30-,31?/m0/s1. The molecule has 2 amide bonds. The smallest absolute Gasteiger partial charge is 0.414 e. The molecule has 0 aromatic heterocycles. The minimum atomic E-state index is -0.696. The van der Waals surface area contributed by atoms with Gasteiger partial charge in [-0.15, -0.1) is 6.58 Å². The second kappa shape index (κ2) is 10.7. The molecule has 4 fully saturated rings. The Hall–Kier alpha value is -1.73. The van der Waals surface area contributed by atoms with Crippen molar-refractivity contribution in [1.29, 1.82) is 0 Å². The molecule has 1 aliphatic heterocycles. The largest absolute Gasteiger partial charge is 0.445 e. The third-order valence-corrected chi connectivity index (χ3v) is 11.7. The number of methoxy groups -OCH3 is 1. The van der Waals surface area contributed by atoms with Gasteiger partial charge in [-0.05, 0) is 75.8 Å². The van der Waals surface area contributed by atoms with E-state index < -0.39 is 23.0 Å². The van der Waals surface area contributed by atoms with Crippen LogP contribution in [0.25, 0.3) is 0 Å². The topological polar surface area (TPSA) is 84.9 Å². The lowest BCUT2D eigenvalue weighted by atomic mass is 9.43. The first-order valence-electron chi connectivity index (χ1n) is 14.7. The Morgan fingerprint density at radius 3 is 2.50 bits per heavy atom. The summed E-state index contributed by atoms with van der Waals surface area (Å²) in [4.78, 5) is 42.9. The molecular weight excluding hydrogens is 480 g/mol. The third kappa shape index (κ3) is 4.66. The van der Waals surface area contributed by atoms with Crippen molar-refractivity contribution in [2.75, 3.05) is 27.2 Å². The number of allylic oxidation sites excluding steroid dienone is 1. The fourth-order valence-corrected chi connectivity index (χ4v) is 9.09. The summed E-state index contributed by atoms with van der Waals surface area (Å²) in [6.45, 7) is 16.2. The fraction of sp³-hybridized carbons (Fsp3) is 0.839. The maximum atomic E-state index is 14.2. The molecule has 4 aliphatic rings. The molecule has 214 valence electrons. The summed E-state index contributed by atoms with van der Waals surface area (Å²) in [5, 5.41) is 2.59. The van der Waals surface area contributed by atoms with Crippen LogP contribution in [0.1, 0.15) is 79.6 Å². The van der Waals surface area contributed by atoms with Gasteiger partial charge < -0.3 is 14.4 Å². The molecule has 1 heterocycles. The molecule has 0 spiro atoms. The highest BCUT2D eigenvalue weighted by Gasteiger charge is 2.68. The van der Waals surface area contributed by atoms with Gasteiger partial charge in [-0.2, -0.15) is 0 Å². The van der Waals surface area contributed by atoms with E-state index in [0.29, 0.717) is 19.4 Å². The van der Waals surface area contributed by atoms with Gasteiger partial charge in [-0.25, -0.2) is 4.79 Å². The maximum Gasteiger partial charge on any atom is 0.414 e. The number of carbonyl (C=O) groups excluding carboxylic acids is 3. The molecule has 4 rings (SSSR count). The lowest BCUT2D eigenvalue weighted by Crippen LogP contribution is -2.63. The zero-order valence-electron chi connectivity index (χ0n) is 24.7. The van der Waals surface area contributed by atoms with Crippen LogP contribution in [-0.4, -0.2) is 62.1 Å². The summed E-state index contributed by atoms with van der Waals surface area (Å²) in [6.07, 6.45) is 6.28. The van der Waals surface area contributed by atoms with Crippen molar-refractivity contribution >= 4 is 17.8 Å². The molecule has 0 aromatic rings. The minimum Gasteiger partial charge on any atom is -0.445 e. The van der Waals surface area contributed by atoms with Crippen LogP contribution >= 0.6 is 0 Å². The van der Waals surface area contributed by atoms with Gasteiger partial charge in [0.15, 0.2) is 0 Å². The van der Waals surface area contributed by atoms with Crippen LogP contribution in [0.15, 0.2) is 12.7 Å². The van der Waals surface area contributed by atoms with E-state index >= 15 is 0 Å². The maximum absolute atomic E-state index is 14.2. The van der Waals surface area contributed by atoms with E-state index in [2.05, 4.69) is 44.5 Å². The second-order valence-electron chi connectivity index (χ2n) is 13.7. The van der Waals surface area contributed by atoms with Crippen LogP contribution in [0, 0.1) is 45.8 Å². The molecule has 38 heavy (non-hydrogen) atoms. The van der Waals surface area contributed by atoms with Gasteiger partial charge in [0.2, 0.25) is 5.91 Å². The summed E-state index contributed by atoms with van der Waals surface area (Å²) >= 11 is 0. The number of hydrogen-bond donors (Lipinski definition) is 1. The predicted octanol–water partition coefficient (Wildman–Crippen LogP) is 5.23. The van der Waals surface area contributed by atoms with Gasteiger partial charge in [-0.1, -0.05) is 40.7 Å². The third-order valence-electron chi connectivity index (χ3n) is 11.7. The number of ether oxygens (including phenoxy) is 2. The van der Waals surface area contributed by atoms with E-state index in [0.717, 1.165) is 38.6 Å². The van der Waals surface area contributed by atoms with Crippen molar-refractivity contribution in [3.63, 3.8) is 0 Å². The number of nitrogens with zero attached hydrogens (tertiary/aromatic N) is 1. The SMILES string of the molecule is C=CC[C@]1(C)C[C@@H](OC(=O)NC(=O)[C@H]2CN(C)CC[C@@H]2C)[C@@]2(C)C3[C@H](OC)CCC3(CC[C@H]2C)[C@@H](C)C1=O. The van der Waals surface area contributed by atoms with Gasteiger partial charge in [0, 0.05) is 36.3 Å². The molecule has 1 N–H and O–H groups in total. The van der Waals surface area contributed by atoms with Crippen LogP contribution in [0.5, 0.6) is 0 Å². The van der Waals surface area contributed by atoms with Gasteiger partial charge >= 0.3 is 6.09 Å². The quantitative estimate of drug-likeness (QED) is 0.490. The molecule has 0 aromatic carbocycles. The molecule has 0 radical (unpaired) electrons. The van der Waals surface area contributed by atoms with E-state index in [4.69, 9.17) is 9.47 Å². The summed E-state index contributed by atoms with van der Waals surface area (Å²) < 4.78 is 12.4. The Morgan fingerprint density at radius 1 is 1.16 bits per heavy atom. The highest BCUT2D eigenvalue weighted by molar-refractivity contribution is 5.93. The number of amides is 2. The number of nitrogens with one attached hydrogen (secondary N) is 1. The molecule has 2 unspecified atom stereocenters. The fourth-order valence-electron chi connectivity index (χ4n) is 9.09. The molecule has 1 saturated heterocycles. The molecule has 2 bridgehead atoms. The molecular formula is C31H50N2O5. The van der Waals surface area contributed by atoms with Crippen LogP contribution < -0.4 is 5.32 Å². The molecule has 3 aliphatic carbocycles. The first-order valence-corrected chi connectivity index (χ1v) is 14.7. The number of Topliss-reactive ketones (excluding diaryl/α,β-unsaturated/α-hetero) is 1. The van der Waals surface area contributed by atoms with Crippen LogP contribution in [-0.2, 0) is 19.1 Å². The van der Waals surface area contributed by atoms with Crippen molar-refractivity contribution in [3.8, 4) is 0 Å². The monoisotopic (exact) mass is 530 g/mol. The average molecular weight is 531 g/mol. The first kappa shape index (κ1) is 29.3. The Kier molecular flexibility index (Phi) is 8.22. The number of rotatable bonds is 5. The summed E-state index contributed by atoms with van der Waals surface area (Å²) in [6, 6.07) is 0. The molecule has 10 atom stereocenters. The van der Waals surface area contributed by atoms with Crippen molar-refractivity contribution in [2.45, 2.75) is 91.8 Å². The Bertz CT molecular complexity index is 953. The first-order chi connectivity index (χ1) is 17.8. The van der Waals surface area contributed by atoms with Crippen molar-refractivity contribution in [3.05, 3.63) is 12.7 Å². The molecule has 7 heteroatoms. The number of likely N-dealkylation sites (tertiary alicyclic amines) is 1. The van der Waals surface area contributed by atoms with Gasteiger partial charge in [-0.3, -0.25) is 14.9 Å². The van der Waals surface area contributed by atoms with Crippen LogP contribution in [0.3, 0.4) is 0 Å². The van der Waals surface area contributed by atoms with Gasteiger partial charge in [0.1, 0.15) is 11.9 Å². The zero-order chi connectivity index (χ0) is 28.0. The lowest BCUT2D eigenvalue weighted by Gasteiger charge is -2.61. The zero-order valence-corrected chi connectivity index (χ0v) is 24.7. The van der Waals surface area contributed by atoms with Crippen molar-refractivity contribution in [1.82, 2.24) is 10.2 Å².